The van der Waals surface area contributed by atoms with Gasteiger partial charge in [-0.3, -0.25) is 10.1 Å². The minimum atomic E-state index is -0.600. The van der Waals surface area contributed by atoms with Gasteiger partial charge in [0.05, 0.1) is 17.7 Å². The number of hydrogen-bond acceptors (Lipinski definition) is 8. The maximum atomic E-state index is 11.9. The quantitative estimate of drug-likeness (QED) is 0.365. The summed E-state index contributed by atoms with van der Waals surface area (Å²) < 4.78 is 10.3. The molecule has 0 bridgehead atoms. The van der Waals surface area contributed by atoms with E-state index in [0.717, 1.165) is 27.7 Å². The predicted molar refractivity (Wildman–Crippen MR) is 94.2 cm³/mol. The zero-order valence-electron chi connectivity index (χ0n) is 13.0. The van der Waals surface area contributed by atoms with E-state index in [1.165, 1.54) is 23.5 Å². The standard InChI is InChI=1S/C16H12N2O5S2/c1-22-12-4-2-10(3-5-12)15-17-11(9-24-15)8-23-16(19)13-6-7-14(25-13)18(20)21/h2-7,9H,8H2,1H3. The molecule has 3 aromatic rings. The van der Waals surface area contributed by atoms with E-state index in [0.29, 0.717) is 5.69 Å². The summed E-state index contributed by atoms with van der Waals surface area (Å²) in [5.74, 6) is 0.164. The van der Waals surface area contributed by atoms with E-state index in [2.05, 4.69) is 4.98 Å². The van der Waals surface area contributed by atoms with Crippen LogP contribution >= 0.6 is 22.7 Å². The number of carbonyl (C=O) groups is 1. The third kappa shape index (κ3) is 4.01. The molecule has 0 atom stereocenters. The third-order valence-electron chi connectivity index (χ3n) is 3.21. The van der Waals surface area contributed by atoms with Crippen LogP contribution in [0.3, 0.4) is 0 Å². The Bertz CT molecular complexity index is 901. The van der Waals surface area contributed by atoms with Crippen LogP contribution in [0, 0.1) is 10.1 Å². The van der Waals surface area contributed by atoms with Crippen molar-refractivity contribution in [2.45, 2.75) is 6.61 Å². The van der Waals surface area contributed by atoms with Crippen LogP contribution in [0.25, 0.3) is 10.6 Å². The first kappa shape index (κ1) is 17.1. The van der Waals surface area contributed by atoms with Gasteiger partial charge in [0.15, 0.2) is 0 Å². The minimum absolute atomic E-state index is 0.0111. The number of esters is 1. The van der Waals surface area contributed by atoms with E-state index in [4.69, 9.17) is 9.47 Å². The Kier molecular flexibility index (Phi) is 5.05. The number of benzene rings is 1. The molecule has 0 saturated carbocycles. The first-order valence-corrected chi connectivity index (χ1v) is 8.76. The average Bonchev–Trinajstić information content (AvgIpc) is 3.29. The topological polar surface area (TPSA) is 91.6 Å². The minimum Gasteiger partial charge on any atom is -0.497 e. The molecular weight excluding hydrogens is 364 g/mol. The van der Waals surface area contributed by atoms with Crippen molar-refractivity contribution >= 4 is 33.6 Å². The van der Waals surface area contributed by atoms with Crippen molar-refractivity contribution in [3.63, 3.8) is 0 Å². The Labute approximate surface area is 150 Å². The van der Waals surface area contributed by atoms with Crippen molar-refractivity contribution in [1.29, 1.82) is 0 Å². The third-order valence-corrected chi connectivity index (χ3v) is 5.17. The molecule has 0 fully saturated rings. The maximum Gasteiger partial charge on any atom is 0.348 e. The number of carbonyl (C=O) groups excluding carboxylic acids is 1. The molecule has 0 spiro atoms. The van der Waals surface area contributed by atoms with Crippen molar-refractivity contribution in [3.05, 3.63) is 62.5 Å². The van der Waals surface area contributed by atoms with Gasteiger partial charge in [-0.15, -0.1) is 11.3 Å². The smallest absolute Gasteiger partial charge is 0.348 e. The van der Waals surface area contributed by atoms with E-state index >= 15 is 0 Å². The molecule has 1 aromatic carbocycles. The van der Waals surface area contributed by atoms with Gasteiger partial charge in [-0.05, 0) is 30.3 Å². The zero-order chi connectivity index (χ0) is 17.8. The largest absolute Gasteiger partial charge is 0.497 e. The van der Waals surface area contributed by atoms with Gasteiger partial charge in [0.1, 0.15) is 22.2 Å². The van der Waals surface area contributed by atoms with Crippen LogP contribution in [0.15, 0.2) is 41.8 Å². The van der Waals surface area contributed by atoms with E-state index < -0.39 is 10.9 Å². The van der Waals surface area contributed by atoms with Gasteiger partial charge < -0.3 is 9.47 Å². The highest BCUT2D eigenvalue weighted by Crippen LogP contribution is 2.27. The van der Waals surface area contributed by atoms with E-state index in [1.54, 1.807) is 7.11 Å². The Balaban J connectivity index is 1.62. The summed E-state index contributed by atoms with van der Waals surface area (Å²) in [5.41, 5.74) is 1.56. The molecule has 7 nitrogen and oxygen atoms in total. The molecule has 0 unspecified atom stereocenters. The van der Waals surface area contributed by atoms with Gasteiger partial charge in [0.25, 0.3) is 0 Å². The average molecular weight is 376 g/mol. The highest BCUT2D eigenvalue weighted by molar-refractivity contribution is 7.17. The number of nitrogens with zero attached hydrogens (tertiary/aromatic N) is 2. The van der Waals surface area contributed by atoms with Crippen molar-refractivity contribution in [1.82, 2.24) is 4.98 Å². The summed E-state index contributed by atoms with van der Waals surface area (Å²) in [6.45, 7) is 0.0111. The lowest BCUT2D eigenvalue weighted by Gasteiger charge is -2.01. The molecule has 3 rings (SSSR count). The van der Waals surface area contributed by atoms with Crippen LogP contribution in [0.5, 0.6) is 5.75 Å². The van der Waals surface area contributed by atoms with Crippen LogP contribution in [0.1, 0.15) is 15.4 Å². The van der Waals surface area contributed by atoms with Gasteiger partial charge in [0, 0.05) is 17.0 Å². The van der Waals surface area contributed by atoms with Crippen LogP contribution < -0.4 is 4.74 Å². The second-order valence-electron chi connectivity index (χ2n) is 4.84. The van der Waals surface area contributed by atoms with Crippen molar-refractivity contribution < 1.29 is 19.2 Å². The lowest BCUT2D eigenvalue weighted by atomic mass is 10.2. The molecule has 0 aliphatic carbocycles. The molecule has 0 N–H and O–H groups in total. The fourth-order valence-electron chi connectivity index (χ4n) is 1.99. The van der Waals surface area contributed by atoms with E-state index in [9.17, 15) is 14.9 Å². The van der Waals surface area contributed by atoms with Crippen molar-refractivity contribution in [3.8, 4) is 16.3 Å². The first-order valence-electron chi connectivity index (χ1n) is 7.07. The lowest BCUT2D eigenvalue weighted by molar-refractivity contribution is -0.380. The Hall–Kier alpha value is -2.78. The Morgan fingerprint density at radius 1 is 1.24 bits per heavy atom. The number of hydrogen-bond donors (Lipinski definition) is 0. The molecule has 2 heterocycles. The summed E-state index contributed by atoms with van der Waals surface area (Å²) in [5, 5.41) is 13.2. The summed E-state index contributed by atoms with van der Waals surface area (Å²) in [7, 11) is 1.60. The summed E-state index contributed by atoms with van der Waals surface area (Å²) >= 11 is 2.23. The van der Waals surface area contributed by atoms with Gasteiger partial charge in [-0.1, -0.05) is 11.3 Å². The summed E-state index contributed by atoms with van der Waals surface area (Å²) in [6, 6.07) is 10.2. The molecule has 128 valence electrons. The molecule has 0 aliphatic rings. The van der Waals surface area contributed by atoms with Crippen LogP contribution in [-0.4, -0.2) is 23.0 Å². The van der Waals surface area contributed by atoms with Crippen molar-refractivity contribution in [2.24, 2.45) is 0 Å². The predicted octanol–water partition coefficient (Wildman–Crippen LogP) is 4.15. The fraction of sp³-hybridized carbons (Fsp3) is 0.125. The summed E-state index contributed by atoms with van der Waals surface area (Å²) in [4.78, 5) is 26.7. The highest BCUT2D eigenvalue weighted by atomic mass is 32.1. The normalized spacial score (nSPS) is 10.4. The SMILES string of the molecule is COc1ccc(-c2nc(COC(=O)c3ccc([N+](=O)[O-])s3)cs2)cc1. The second-order valence-corrected chi connectivity index (χ2v) is 6.76. The van der Waals surface area contributed by atoms with Crippen LogP contribution in [-0.2, 0) is 11.3 Å². The molecule has 9 heteroatoms. The summed E-state index contributed by atoms with van der Waals surface area (Å²) in [6.07, 6.45) is 0. The number of methoxy groups -OCH3 is 1. The molecule has 2 aromatic heterocycles. The van der Waals surface area contributed by atoms with Crippen molar-refractivity contribution in [2.75, 3.05) is 7.11 Å². The molecule has 0 saturated heterocycles. The number of nitro groups is 1. The molecule has 0 aliphatic heterocycles. The second kappa shape index (κ2) is 7.41. The number of ether oxygens (including phenoxy) is 2. The Morgan fingerprint density at radius 2 is 2.00 bits per heavy atom. The lowest BCUT2D eigenvalue weighted by Crippen LogP contribution is -2.03. The molecule has 0 radical (unpaired) electrons. The molecular formula is C16H12N2O5S2. The van der Waals surface area contributed by atoms with Gasteiger partial charge in [-0.2, -0.15) is 0 Å². The highest BCUT2D eigenvalue weighted by Gasteiger charge is 2.17. The van der Waals surface area contributed by atoms with Gasteiger partial charge in [-0.25, -0.2) is 9.78 Å². The van der Waals surface area contributed by atoms with Gasteiger partial charge >= 0.3 is 11.0 Å². The fourth-order valence-corrected chi connectivity index (χ4v) is 3.51. The zero-order valence-corrected chi connectivity index (χ0v) is 14.6. The monoisotopic (exact) mass is 376 g/mol. The van der Waals surface area contributed by atoms with E-state index in [1.807, 2.05) is 29.6 Å². The number of rotatable bonds is 6. The number of thiophene rings is 1. The molecule has 25 heavy (non-hydrogen) atoms. The van der Waals surface area contributed by atoms with E-state index in [-0.39, 0.29) is 16.5 Å². The Morgan fingerprint density at radius 3 is 2.64 bits per heavy atom. The van der Waals surface area contributed by atoms with Gasteiger partial charge in [0.2, 0.25) is 0 Å². The van der Waals surface area contributed by atoms with Crippen LogP contribution in [0.2, 0.25) is 0 Å². The maximum absolute atomic E-state index is 11.9. The number of thiazole rings is 1. The first-order chi connectivity index (χ1) is 12.1. The molecule has 0 amide bonds. The van der Waals surface area contributed by atoms with Crippen LogP contribution in [0.4, 0.5) is 5.00 Å². The number of aromatic nitrogens is 1.